The fourth-order valence-corrected chi connectivity index (χ4v) is 2.03. The van der Waals surface area contributed by atoms with E-state index < -0.39 is 23.6 Å². The average molecular weight is 284 g/mol. The fraction of sp³-hybridized carbons (Fsp3) is 0.200. The molecule has 0 radical (unpaired) electrons. The van der Waals surface area contributed by atoms with Gasteiger partial charge in [0.2, 0.25) is 5.78 Å². The van der Waals surface area contributed by atoms with E-state index in [4.69, 9.17) is 10.3 Å². The minimum atomic E-state index is -1.05. The first-order valence-electron chi connectivity index (χ1n) is 6.27. The highest BCUT2D eigenvalue weighted by atomic mass is 16.5. The summed E-state index contributed by atoms with van der Waals surface area (Å²) < 4.78 is 5.00. The third-order valence-corrected chi connectivity index (χ3v) is 3.01. The number of ether oxygens (including phenoxy) is 1. The Kier molecular flexibility index (Phi) is 4.21. The highest BCUT2D eigenvalue weighted by Gasteiger charge is 2.33. The number of carbonyl (C=O) groups is 3. The molecule has 106 valence electrons. The molecule has 0 heterocycles. The second kappa shape index (κ2) is 6.07. The molecule has 2 rings (SSSR count). The number of nitrogens with zero attached hydrogens (tertiary/aromatic N) is 2. The van der Waals surface area contributed by atoms with Gasteiger partial charge < -0.3 is 10.3 Å². The molecule has 0 aliphatic heterocycles. The number of rotatable bonds is 4. The summed E-state index contributed by atoms with van der Waals surface area (Å²) in [5.74, 6) is -1.91. The van der Waals surface area contributed by atoms with Gasteiger partial charge in [0, 0.05) is 12.5 Å². The number of hydrogen-bond donors (Lipinski definition) is 0. The molecule has 0 spiro atoms. The third-order valence-electron chi connectivity index (χ3n) is 3.01. The van der Waals surface area contributed by atoms with Crippen LogP contribution in [-0.2, 0) is 19.1 Å². The minimum Gasteiger partial charge on any atom is -0.449 e. The van der Waals surface area contributed by atoms with Gasteiger partial charge in [-0.05, 0) is 11.6 Å². The molecule has 1 atom stereocenters. The van der Waals surface area contributed by atoms with Crippen molar-refractivity contribution in [3.05, 3.63) is 47.5 Å². The number of Topliss-reactive ketones (excluding diaryl/α,β-unsaturated/α-hetero) is 2. The fourth-order valence-electron chi connectivity index (χ4n) is 2.03. The van der Waals surface area contributed by atoms with Crippen LogP contribution >= 0.6 is 0 Å². The summed E-state index contributed by atoms with van der Waals surface area (Å²) in [5.41, 5.74) is 9.13. The number of esters is 1. The zero-order valence-corrected chi connectivity index (χ0v) is 11.3. The average Bonchev–Trinajstić information content (AvgIpc) is 2.80. The van der Waals surface area contributed by atoms with Crippen LogP contribution in [0, 0.1) is 0 Å². The Labute approximate surface area is 120 Å². The van der Waals surface area contributed by atoms with Crippen molar-refractivity contribution in [2.24, 2.45) is 0 Å². The molecular formula is C15H12N2O4. The second-order valence-electron chi connectivity index (χ2n) is 4.52. The van der Waals surface area contributed by atoms with Gasteiger partial charge >= 0.3 is 11.7 Å². The molecule has 1 unspecified atom stereocenters. The van der Waals surface area contributed by atoms with Gasteiger partial charge in [0.15, 0.2) is 5.78 Å². The number of hydrogen-bond acceptors (Lipinski definition) is 4. The van der Waals surface area contributed by atoms with Crippen molar-refractivity contribution in [3.8, 4) is 0 Å². The van der Waals surface area contributed by atoms with E-state index in [9.17, 15) is 14.4 Å². The summed E-state index contributed by atoms with van der Waals surface area (Å²) in [5, 5.41) is 0. The SMILES string of the molecule is CC(=O)C(=[N+]=[N-])C(=O)OC1C=C(c2ccccc2)C(=O)C1. The van der Waals surface area contributed by atoms with Gasteiger partial charge in [-0.15, -0.1) is 0 Å². The first kappa shape index (κ1) is 14.6. The van der Waals surface area contributed by atoms with E-state index in [1.807, 2.05) is 6.07 Å². The Morgan fingerprint density at radius 2 is 1.95 bits per heavy atom. The molecule has 0 amide bonds. The summed E-state index contributed by atoms with van der Waals surface area (Å²) in [6.07, 6.45) is 0.772. The van der Waals surface area contributed by atoms with Crippen molar-refractivity contribution in [3.63, 3.8) is 0 Å². The van der Waals surface area contributed by atoms with Gasteiger partial charge in [-0.1, -0.05) is 30.3 Å². The maximum absolute atomic E-state index is 11.9. The molecule has 0 fully saturated rings. The topological polar surface area (TPSA) is 96.8 Å². The molecule has 6 nitrogen and oxygen atoms in total. The van der Waals surface area contributed by atoms with Crippen LogP contribution in [0.15, 0.2) is 36.4 Å². The highest BCUT2D eigenvalue weighted by molar-refractivity contribution is 6.61. The molecule has 0 aromatic heterocycles. The van der Waals surface area contributed by atoms with Gasteiger partial charge in [0.25, 0.3) is 0 Å². The van der Waals surface area contributed by atoms with Gasteiger partial charge in [-0.25, -0.2) is 4.79 Å². The van der Waals surface area contributed by atoms with Crippen molar-refractivity contribution < 1.29 is 23.9 Å². The maximum Gasteiger partial charge on any atom is 0.441 e. The predicted octanol–water partition coefficient (Wildman–Crippen LogP) is 1.21. The van der Waals surface area contributed by atoms with E-state index in [2.05, 4.69) is 4.79 Å². The minimum absolute atomic E-state index is 0.00653. The van der Waals surface area contributed by atoms with Gasteiger partial charge in [0.1, 0.15) is 6.10 Å². The lowest BCUT2D eigenvalue weighted by Crippen LogP contribution is -2.28. The molecule has 0 saturated heterocycles. The lowest BCUT2D eigenvalue weighted by molar-refractivity contribution is -0.145. The van der Waals surface area contributed by atoms with Gasteiger partial charge in [0.05, 0.1) is 6.42 Å². The molecule has 1 aromatic rings. The van der Waals surface area contributed by atoms with E-state index in [1.54, 1.807) is 24.3 Å². The van der Waals surface area contributed by atoms with Crippen LogP contribution in [0.25, 0.3) is 11.1 Å². The van der Waals surface area contributed by atoms with Crippen molar-refractivity contribution in [2.75, 3.05) is 0 Å². The summed E-state index contributed by atoms with van der Waals surface area (Å²) in [6.45, 7) is 1.08. The summed E-state index contributed by atoms with van der Waals surface area (Å²) in [7, 11) is 0. The Morgan fingerprint density at radius 3 is 2.52 bits per heavy atom. The number of ketones is 2. The summed E-state index contributed by atoms with van der Waals surface area (Å²) in [4.78, 5) is 37.3. The molecule has 6 heteroatoms. The Hall–Kier alpha value is -2.85. The number of benzene rings is 1. The summed E-state index contributed by atoms with van der Waals surface area (Å²) in [6, 6.07) is 9.00. The number of carbonyl (C=O) groups excluding carboxylic acids is 3. The lowest BCUT2D eigenvalue weighted by Gasteiger charge is -2.05. The molecule has 1 aliphatic rings. The van der Waals surface area contributed by atoms with E-state index in [0.29, 0.717) is 5.57 Å². The first-order chi connectivity index (χ1) is 10.0. The molecule has 0 N–H and O–H groups in total. The smallest absolute Gasteiger partial charge is 0.441 e. The maximum atomic E-state index is 11.9. The Balaban J connectivity index is 2.16. The molecule has 1 aliphatic carbocycles. The largest absolute Gasteiger partial charge is 0.449 e. The van der Waals surface area contributed by atoms with Crippen LogP contribution < -0.4 is 0 Å². The van der Waals surface area contributed by atoms with Crippen LogP contribution in [0.2, 0.25) is 0 Å². The van der Waals surface area contributed by atoms with Crippen molar-refractivity contribution in [2.45, 2.75) is 19.4 Å². The van der Waals surface area contributed by atoms with E-state index in [1.165, 1.54) is 6.08 Å². The van der Waals surface area contributed by atoms with Crippen LogP contribution in [0.5, 0.6) is 0 Å². The molecule has 0 saturated carbocycles. The lowest BCUT2D eigenvalue weighted by atomic mass is 10.1. The zero-order valence-electron chi connectivity index (χ0n) is 11.3. The molecule has 1 aromatic carbocycles. The van der Waals surface area contributed by atoms with Crippen molar-refractivity contribution >= 4 is 28.8 Å². The second-order valence-corrected chi connectivity index (χ2v) is 4.52. The summed E-state index contributed by atoms with van der Waals surface area (Å²) >= 11 is 0. The van der Waals surface area contributed by atoms with E-state index >= 15 is 0 Å². The van der Waals surface area contributed by atoms with E-state index in [-0.39, 0.29) is 12.2 Å². The standard InChI is InChI=1S/C15H12N2O4/c1-9(18)14(17-16)15(20)21-11-7-12(13(19)8-11)10-5-3-2-4-6-10/h2-7,11H,8H2,1H3. The quantitative estimate of drug-likeness (QED) is 0.273. The third kappa shape index (κ3) is 3.19. The highest BCUT2D eigenvalue weighted by Crippen LogP contribution is 2.26. The van der Waals surface area contributed by atoms with Gasteiger partial charge in [-0.3, -0.25) is 9.59 Å². The zero-order chi connectivity index (χ0) is 15.4. The Morgan fingerprint density at radius 1 is 1.29 bits per heavy atom. The molecule has 21 heavy (non-hydrogen) atoms. The molecular weight excluding hydrogens is 272 g/mol. The van der Waals surface area contributed by atoms with Crippen molar-refractivity contribution in [1.29, 1.82) is 0 Å². The monoisotopic (exact) mass is 284 g/mol. The van der Waals surface area contributed by atoms with Crippen LogP contribution in [0.3, 0.4) is 0 Å². The van der Waals surface area contributed by atoms with Crippen LogP contribution in [0.1, 0.15) is 18.9 Å². The Bertz CT molecular complexity index is 685. The van der Waals surface area contributed by atoms with Crippen molar-refractivity contribution in [1.82, 2.24) is 0 Å². The predicted molar refractivity (Wildman–Crippen MR) is 73.2 cm³/mol. The first-order valence-corrected chi connectivity index (χ1v) is 6.27. The normalized spacial score (nSPS) is 16.9. The van der Waals surface area contributed by atoms with Crippen LogP contribution in [0.4, 0.5) is 0 Å². The van der Waals surface area contributed by atoms with Crippen LogP contribution in [-0.4, -0.2) is 34.1 Å². The number of allylic oxidation sites excluding steroid dienone is 1. The van der Waals surface area contributed by atoms with E-state index in [0.717, 1.165) is 12.5 Å². The molecule has 0 bridgehead atoms. The van der Waals surface area contributed by atoms with Gasteiger partial charge in [-0.2, -0.15) is 4.79 Å².